The molecule has 102 valence electrons. The van der Waals surface area contributed by atoms with Gasteiger partial charge >= 0.3 is 0 Å². The van der Waals surface area contributed by atoms with E-state index in [9.17, 15) is 0 Å². The predicted octanol–water partition coefficient (Wildman–Crippen LogP) is 3.12. The second-order valence-electron chi connectivity index (χ2n) is 6.04. The average molecular weight is 258 g/mol. The third-order valence-electron chi connectivity index (χ3n) is 5.15. The zero-order valence-corrected chi connectivity index (χ0v) is 11.6. The lowest BCUT2D eigenvalue weighted by atomic mass is 9.93. The van der Waals surface area contributed by atoms with Crippen LogP contribution in [-0.2, 0) is 0 Å². The van der Waals surface area contributed by atoms with Crippen LogP contribution in [0.4, 0.5) is 11.4 Å². The van der Waals surface area contributed by atoms with Gasteiger partial charge in [-0.1, -0.05) is 12.5 Å². The van der Waals surface area contributed by atoms with Crippen molar-refractivity contribution < 1.29 is 4.74 Å². The van der Waals surface area contributed by atoms with Crippen LogP contribution in [0.5, 0.6) is 5.75 Å². The molecule has 19 heavy (non-hydrogen) atoms. The minimum absolute atomic E-state index is 0.705. The first-order valence-corrected chi connectivity index (χ1v) is 7.65. The van der Waals surface area contributed by atoms with Crippen molar-refractivity contribution in [1.82, 2.24) is 0 Å². The number of ether oxygens (including phenoxy) is 1. The van der Waals surface area contributed by atoms with Crippen molar-refractivity contribution in [3.63, 3.8) is 0 Å². The van der Waals surface area contributed by atoms with Crippen molar-refractivity contribution >= 4 is 11.4 Å². The predicted molar refractivity (Wildman–Crippen MR) is 78.1 cm³/mol. The highest BCUT2D eigenvalue weighted by atomic mass is 16.5. The van der Waals surface area contributed by atoms with Crippen LogP contribution in [0.2, 0.25) is 0 Å². The lowest BCUT2D eigenvalue weighted by Crippen LogP contribution is -2.42. The van der Waals surface area contributed by atoms with Gasteiger partial charge in [-0.25, -0.2) is 0 Å². The van der Waals surface area contributed by atoms with E-state index in [1.807, 2.05) is 6.92 Å². The number of anilines is 2. The van der Waals surface area contributed by atoms with Gasteiger partial charge in [-0.05, 0) is 43.7 Å². The van der Waals surface area contributed by atoms with Crippen molar-refractivity contribution in [2.45, 2.75) is 32.2 Å². The number of para-hydroxylation sites is 1. The van der Waals surface area contributed by atoms with Crippen LogP contribution in [0.25, 0.3) is 0 Å². The van der Waals surface area contributed by atoms with Crippen LogP contribution >= 0.6 is 0 Å². The molecule has 0 aromatic heterocycles. The van der Waals surface area contributed by atoms with E-state index < -0.39 is 0 Å². The first-order valence-electron chi connectivity index (χ1n) is 7.65. The first kappa shape index (κ1) is 11.4. The summed E-state index contributed by atoms with van der Waals surface area (Å²) >= 11 is 0. The van der Waals surface area contributed by atoms with Crippen molar-refractivity contribution in [3.8, 4) is 5.75 Å². The molecule has 0 spiro atoms. The molecule has 1 aromatic rings. The topological polar surface area (TPSA) is 24.5 Å². The molecule has 0 amide bonds. The molecule has 3 atom stereocenters. The fourth-order valence-corrected chi connectivity index (χ4v) is 4.38. The van der Waals surface area contributed by atoms with Crippen molar-refractivity contribution in [2.24, 2.45) is 11.8 Å². The van der Waals surface area contributed by atoms with Crippen LogP contribution in [0, 0.1) is 11.8 Å². The molecule has 0 bridgehead atoms. The summed E-state index contributed by atoms with van der Waals surface area (Å²) in [6.45, 7) is 5.11. The lowest BCUT2D eigenvalue weighted by Gasteiger charge is -2.37. The number of fused-ring (bicyclic) bond motifs is 5. The number of nitrogens with zero attached hydrogens (tertiary/aromatic N) is 1. The highest BCUT2D eigenvalue weighted by Gasteiger charge is 2.46. The summed E-state index contributed by atoms with van der Waals surface area (Å²) in [6, 6.07) is 7.16. The second-order valence-corrected chi connectivity index (χ2v) is 6.04. The molecular formula is C16H22N2O. The van der Waals surface area contributed by atoms with Gasteiger partial charge in [0.05, 0.1) is 12.3 Å². The maximum Gasteiger partial charge on any atom is 0.144 e. The Hall–Kier alpha value is -1.38. The maximum absolute atomic E-state index is 5.76. The Morgan fingerprint density at radius 1 is 1.37 bits per heavy atom. The molecule has 1 aromatic carbocycles. The van der Waals surface area contributed by atoms with Crippen molar-refractivity contribution in [3.05, 3.63) is 18.2 Å². The molecule has 2 fully saturated rings. The molecule has 1 N–H and O–H groups in total. The fraction of sp³-hybridized carbons (Fsp3) is 0.625. The molecular weight excluding hydrogens is 236 g/mol. The van der Waals surface area contributed by atoms with Gasteiger partial charge in [0.2, 0.25) is 0 Å². The van der Waals surface area contributed by atoms with Crippen LogP contribution in [0.1, 0.15) is 26.2 Å². The summed E-state index contributed by atoms with van der Waals surface area (Å²) in [4.78, 5) is 2.64. The SMILES string of the molecule is CCOc1cccc2c1NCC1C3CCCC3CN21. The van der Waals surface area contributed by atoms with Gasteiger partial charge < -0.3 is 15.0 Å². The highest BCUT2D eigenvalue weighted by molar-refractivity contribution is 5.79. The lowest BCUT2D eigenvalue weighted by molar-refractivity contribution is 0.341. The van der Waals surface area contributed by atoms with Gasteiger partial charge in [0.15, 0.2) is 0 Å². The van der Waals surface area contributed by atoms with Crippen molar-refractivity contribution in [1.29, 1.82) is 0 Å². The molecule has 1 saturated carbocycles. The maximum atomic E-state index is 5.76. The molecule has 3 aliphatic rings. The molecule has 1 saturated heterocycles. The number of rotatable bonds is 2. The van der Waals surface area contributed by atoms with Crippen molar-refractivity contribution in [2.75, 3.05) is 29.9 Å². The summed E-state index contributed by atoms with van der Waals surface area (Å²) < 4.78 is 5.76. The van der Waals surface area contributed by atoms with E-state index in [1.165, 1.54) is 37.2 Å². The fourth-order valence-electron chi connectivity index (χ4n) is 4.38. The summed E-state index contributed by atoms with van der Waals surface area (Å²) in [6.07, 6.45) is 4.29. The minimum Gasteiger partial charge on any atom is -0.492 e. The van der Waals surface area contributed by atoms with Crippen LogP contribution in [0.15, 0.2) is 18.2 Å². The van der Waals surface area contributed by atoms with Crippen LogP contribution in [-0.4, -0.2) is 25.7 Å². The van der Waals surface area contributed by atoms with E-state index in [1.54, 1.807) is 0 Å². The largest absolute Gasteiger partial charge is 0.492 e. The smallest absolute Gasteiger partial charge is 0.144 e. The Morgan fingerprint density at radius 2 is 2.32 bits per heavy atom. The molecule has 3 heteroatoms. The normalized spacial score (nSPS) is 31.4. The second kappa shape index (κ2) is 4.32. The number of hydrogen-bond acceptors (Lipinski definition) is 3. The Balaban J connectivity index is 1.70. The Morgan fingerprint density at radius 3 is 3.21 bits per heavy atom. The standard InChI is InChI=1S/C16H22N2O/c1-2-19-15-8-4-7-13-16(15)17-9-14-12-6-3-5-11(12)10-18(13)14/h4,7-8,11-12,14,17H,2-3,5-6,9-10H2,1H3. The third-order valence-corrected chi connectivity index (χ3v) is 5.15. The van der Waals surface area contributed by atoms with E-state index >= 15 is 0 Å². The van der Waals surface area contributed by atoms with E-state index in [0.717, 1.165) is 30.7 Å². The minimum atomic E-state index is 0.705. The third kappa shape index (κ3) is 1.63. The summed E-state index contributed by atoms with van der Waals surface area (Å²) in [7, 11) is 0. The highest BCUT2D eigenvalue weighted by Crippen LogP contribution is 2.49. The van der Waals surface area contributed by atoms with Gasteiger partial charge in [0, 0.05) is 19.1 Å². The van der Waals surface area contributed by atoms with Crippen LogP contribution < -0.4 is 15.0 Å². The molecule has 2 aliphatic heterocycles. The number of hydrogen-bond donors (Lipinski definition) is 1. The van der Waals surface area contributed by atoms with Gasteiger partial charge in [0.1, 0.15) is 11.4 Å². The molecule has 3 nitrogen and oxygen atoms in total. The molecule has 1 aliphatic carbocycles. The van der Waals surface area contributed by atoms with E-state index in [0.29, 0.717) is 6.04 Å². The zero-order valence-electron chi connectivity index (χ0n) is 11.6. The van der Waals surface area contributed by atoms with Crippen LogP contribution in [0.3, 0.4) is 0 Å². The van der Waals surface area contributed by atoms with Gasteiger partial charge in [-0.15, -0.1) is 0 Å². The number of benzene rings is 1. The van der Waals surface area contributed by atoms with E-state index in [2.05, 4.69) is 28.4 Å². The average Bonchev–Trinajstić information content (AvgIpc) is 2.99. The number of nitrogens with one attached hydrogen (secondary N) is 1. The molecule has 0 radical (unpaired) electrons. The Bertz CT molecular complexity index is 488. The molecule has 3 unspecified atom stereocenters. The van der Waals surface area contributed by atoms with Gasteiger partial charge in [-0.3, -0.25) is 0 Å². The quantitative estimate of drug-likeness (QED) is 0.882. The van der Waals surface area contributed by atoms with Gasteiger partial charge in [0.25, 0.3) is 0 Å². The summed E-state index contributed by atoms with van der Waals surface area (Å²) in [5, 5.41) is 3.63. The molecule has 4 rings (SSSR count). The Kier molecular flexibility index (Phi) is 2.61. The van der Waals surface area contributed by atoms with E-state index in [4.69, 9.17) is 4.74 Å². The first-order chi connectivity index (χ1) is 9.38. The summed E-state index contributed by atoms with van der Waals surface area (Å²) in [5.41, 5.74) is 2.57. The monoisotopic (exact) mass is 258 g/mol. The van der Waals surface area contributed by atoms with E-state index in [-0.39, 0.29) is 0 Å². The summed E-state index contributed by atoms with van der Waals surface area (Å²) in [5.74, 6) is 2.85. The molecule has 2 heterocycles. The Labute approximate surface area is 114 Å². The van der Waals surface area contributed by atoms with Gasteiger partial charge in [-0.2, -0.15) is 0 Å². The zero-order chi connectivity index (χ0) is 12.8.